The van der Waals surface area contributed by atoms with E-state index in [1.54, 1.807) is 13.1 Å². The molecule has 3 aromatic rings. The third-order valence-corrected chi connectivity index (χ3v) is 14.9. The summed E-state index contributed by atoms with van der Waals surface area (Å²) in [6.07, 6.45) is 6.38. The van der Waals surface area contributed by atoms with Crippen LogP contribution in [0.5, 0.6) is 0 Å². The first-order valence-corrected chi connectivity index (χ1v) is 27.3. The van der Waals surface area contributed by atoms with Crippen LogP contribution in [0.25, 0.3) is 16.1 Å². The van der Waals surface area contributed by atoms with E-state index in [2.05, 4.69) is 71.8 Å². The van der Waals surface area contributed by atoms with Gasteiger partial charge < -0.3 is 29.1 Å². The number of hydrogen-bond acceptors (Lipinski definition) is 10. The lowest BCUT2D eigenvalue weighted by Gasteiger charge is -2.39. The van der Waals surface area contributed by atoms with Crippen LogP contribution in [-0.4, -0.2) is 96.2 Å². The molecule has 2 aliphatic heterocycles. The number of aliphatic hydroxyl groups is 1. The number of aliphatic hydroxyl groups excluding tert-OH is 1. The van der Waals surface area contributed by atoms with Crippen molar-refractivity contribution in [3.05, 3.63) is 26.7 Å². The molecule has 2 saturated heterocycles. The molecular weight excluding hydrogens is 800 g/mol. The second-order valence-electron chi connectivity index (χ2n) is 17.3. The molecule has 3 unspecified atom stereocenters. The van der Waals surface area contributed by atoms with Crippen molar-refractivity contribution in [1.29, 1.82) is 0 Å². The Morgan fingerprint density at radius 3 is 2.12 bits per heavy atom. The predicted molar refractivity (Wildman–Crippen MR) is 215 cm³/mol. The minimum atomic E-state index is -1.28. The zero-order valence-corrected chi connectivity index (χ0v) is 36.6. The van der Waals surface area contributed by atoms with Gasteiger partial charge in [0.25, 0.3) is 0 Å². The molecule has 50 heavy (non-hydrogen) atoms. The van der Waals surface area contributed by atoms with Gasteiger partial charge in [0.1, 0.15) is 30.2 Å². The third-order valence-electron chi connectivity index (χ3n) is 9.25. The van der Waals surface area contributed by atoms with Crippen molar-refractivity contribution in [1.82, 2.24) is 24.5 Å². The van der Waals surface area contributed by atoms with Crippen LogP contribution in [0.1, 0.15) is 76.1 Å². The highest BCUT2D eigenvalue weighted by Gasteiger charge is 2.46. The summed E-state index contributed by atoms with van der Waals surface area (Å²) in [6, 6.07) is 2.37. The number of hydrogen-bond donors (Lipinski definition) is 1. The molecule has 5 heterocycles. The molecule has 0 radical (unpaired) electrons. The number of halogens is 1. The summed E-state index contributed by atoms with van der Waals surface area (Å²) in [5.41, 5.74) is 2.10. The van der Waals surface area contributed by atoms with Gasteiger partial charge in [-0.25, -0.2) is 14.8 Å². The Labute approximate surface area is 317 Å². The van der Waals surface area contributed by atoms with Crippen molar-refractivity contribution >= 4 is 67.6 Å². The number of thiazole rings is 1. The summed E-state index contributed by atoms with van der Waals surface area (Å²) in [5, 5.41) is 15.8. The van der Waals surface area contributed by atoms with Crippen LogP contribution in [-0.2, 0) is 14.2 Å². The number of nitrogens with zero attached hydrogens (tertiary/aromatic N) is 6. The molecule has 278 valence electrons. The average Bonchev–Trinajstić information content (AvgIpc) is 3.70. The number of ether oxygens (including phenoxy) is 3. The van der Waals surface area contributed by atoms with Crippen LogP contribution in [0.2, 0.25) is 51.4 Å². The number of rotatable bonds is 14. The van der Waals surface area contributed by atoms with E-state index in [9.17, 15) is 9.90 Å². The van der Waals surface area contributed by atoms with Gasteiger partial charge in [-0.2, -0.15) is 9.61 Å². The lowest BCUT2D eigenvalue weighted by atomic mass is 9.88. The Morgan fingerprint density at radius 1 is 1.04 bits per heavy atom. The molecule has 5 rings (SSSR count). The molecule has 3 atom stereocenters. The topological polar surface area (TPSA) is 115 Å². The van der Waals surface area contributed by atoms with E-state index in [1.807, 2.05) is 36.4 Å². The number of aromatic nitrogens is 4. The number of fused-ring (bicyclic) bond motifs is 3. The molecule has 3 aromatic heterocycles. The van der Waals surface area contributed by atoms with Gasteiger partial charge in [0.2, 0.25) is 0 Å². The first-order valence-electron chi connectivity index (χ1n) is 17.9. The maximum absolute atomic E-state index is 13.3. The van der Waals surface area contributed by atoms with E-state index in [0.717, 1.165) is 68.9 Å². The van der Waals surface area contributed by atoms with Crippen molar-refractivity contribution in [2.45, 2.75) is 134 Å². The highest BCUT2D eigenvalue weighted by Crippen LogP contribution is 2.46. The lowest BCUT2D eigenvalue weighted by molar-refractivity contribution is 0.00565. The fourth-order valence-electron chi connectivity index (χ4n) is 6.58. The fourth-order valence-corrected chi connectivity index (χ4v) is 10.1. The standard InChI is InChI=1S/C35H57IN6O5SSi2/c1-23(43)32-37-20-28(48-32)27-19-38-42-31(27)39-30(24-17-25-11-12-26(18-24)41(25)34(44)47-35(2,3)4)29(36)33(42)40(21-45-13-15-49(5,6)7)22-46-14-16-50(8,9)10/h19-20,23-26,43H,11-18,21-22H2,1-10H3. The van der Waals surface area contributed by atoms with Gasteiger partial charge in [-0.3, -0.25) is 0 Å². The van der Waals surface area contributed by atoms with Gasteiger partial charge >= 0.3 is 6.09 Å². The normalized spacial score (nSPS) is 20.5. The number of anilines is 1. The van der Waals surface area contributed by atoms with Gasteiger partial charge in [-0.1, -0.05) is 39.3 Å². The van der Waals surface area contributed by atoms with E-state index in [4.69, 9.17) is 24.3 Å². The lowest BCUT2D eigenvalue weighted by Crippen LogP contribution is -2.48. The Hall–Kier alpha value is -1.64. The molecule has 2 bridgehead atoms. The third kappa shape index (κ3) is 9.86. The molecule has 2 aliphatic rings. The van der Waals surface area contributed by atoms with E-state index in [-0.39, 0.29) is 24.1 Å². The maximum atomic E-state index is 13.3. The van der Waals surface area contributed by atoms with Gasteiger partial charge in [-0.05, 0) is 88.1 Å². The number of carbonyl (C=O) groups is 1. The Kier molecular flexibility index (Phi) is 12.5. The van der Waals surface area contributed by atoms with Crippen LogP contribution in [0.15, 0.2) is 12.4 Å². The van der Waals surface area contributed by atoms with E-state index in [0.29, 0.717) is 31.7 Å². The minimum absolute atomic E-state index is 0.108. The molecule has 1 N–H and O–H groups in total. The molecule has 0 aliphatic carbocycles. The van der Waals surface area contributed by atoms with E-state index < -0.39 is 27.9 Å². The zero-order valence-electron chi connectivity index (χ0n) is 31.6. The molecule has 0 aromatic carbocycles. The summed E-state index contributed by atoms with van der Waals surface area (Å²) in [7, 11) is -2.56. The summed E-state index contributed by atoms with van der Waals surface area (Å²) < 4.78 is 21.6. The fraction of sp³-hybridized carbons (Fsp3) is 0.714. The molecular formula is C35H57IN6O5SSi2. The SMILES string of the molecule is CC(O)c1ncc(-c2cnn3c(N(COCC[Si](C)(C)C)COCC[Si](C)(C)C)c(I)c(C4CC5CCC(C4)N5C(=O)OC(C)(C)C)nc23)s1. The van der Waals surface area contributed by atoms with Crippen LogP contribution in [0, 0.1) is 3.57 Å². The first kappa shape index (κ1) is 39.6. The van der Waals surface area contributed by atoms with E-state index >= 15 is 0 Å². The average molecular weight is 857 g/mol. The largest absolute Gasteiger partial charge is 0.444 e. The minimum Gasteiger partial charge on any atom is -0.444 e. The summed E-state index contributed by atoms with van der Waals surface area (Å²) in [4.78, 5) is 28.3. The Balaban J connectivity index is 1.55. The van der Waals surface area contributed by atoms with Crippen LogP contribution < -0.4 is 4.90 Å². The predicted octanol–water partition coefficient (Wildman–Crippen LogP) is 8.59. The Bertz CT molecular complexity index is 1600. The van der Waals surface area contributed by atoms with E-state index in [1.165, 1.54) is 11.3 Å². The number of piperidine rings is 1. The molecule has 2 fully saturated rings. The highest BCUT2D eigenvalue weighted by molar-refractivity contribution is 14.1. The van der Waals surface area contributed by atoms with Gasteiger partial charge in [0.05, 0.1) is 25.9 Å². The molecule has 1 amide bonds. The number of carbonyl (C=O) groups excluding carboxylic acids is 1. The van der Waals surface area contributed by atoms with Gasteiger partial charge in [0, 0.05) is 53.6 Å². The quantitative estimate of drug-likeness (QED) is 0.0738. The summed E-state index contributed by atoms with van der Waals surface area (Å²) in [5.74, 6) is 1.06. The van der Waals surface area contributed by atoms with Crippen molar-refractivity contribution in [3.8, 4) is 10.4 Å². The second-order valence-corrected chi connectivity index (χ2v) is 30.7. The molecule has 11 nitrogen and oxygen atoms in total. The second kappa shape index (κ2) is 15.8. The van der Waals surface area contributed by atoms with Crippen LogP contribution >= 0.6 is 33.9 Å². The van der Waals surface area contributed by atoms with Crippen LogP contribution in [0.4, 0.5) is 10.6 Å². The van der Waals surface area contributed by atoms with Crippen molar-refractivity contribution in [2.24, 2.45) is 0 Å². The van der Waals surface area contributed by atoms with Crippen LogP contribution in [0.3, 0.4) is 0 Å². The monoisotopic (exact) mass is 856 g/mol. The van der Waals surface area contributed by atoms with Gasteiger partial charge in [-0.15, -0.1) is 11.3 Å². The van der Waals surface area contributed by atoms with Crippen molar-refractivity contribution in [2.75, 3.05) is 31.6 Å². The van der Waals surface area contributed by atoms with Crippen molar-refractivity contribution < 1.29 is 24.1 Å². The van der Waals surface area contributed by atoms with Crippen molar-refractivity contribution in [3.63, 3.8) is 0 Å². The first-order chi connectivity index (χ1) is 23.3. The number of amides is 1. The van der Waals surface area contributed by atoms with Gasteiger partial charge in [0.15, 0.2) is 11.5 Å². The highest BCUT2D eigenvalue weighted by atomic mass is 127. The molecule has 0 spiro atoms. The maximum Gasteiger partial charge on any atom is 0.410 e. The zero-order chi connectivity index (χ0) is 36.6. The summed E-state index contributed by atoms with van der Waals surface area (Å²) in [6.45, 7) is 23.8. The Morgan fingerprint density at radius 2 is 1.62 bits per heavy atom. The molecule has 0 saturated carbocycles. The molecule has 15 heteroatoms. The summed E-state index contributed by atoms with van der Waals surface area (Å²) >= 11 is 3.91. The smallest absolute Gasteiger partial charge is 0.410 e.